The van der Waals surface area contributed by atoms with Crippen LogP contribution in [0.4, 0.5) is 0 Å². The van der Waals surface area contributed by atoms with Gasteiger partial charge in [0.15, 0.2) is 0 Å². The van der Waals surface area contributed by atoms with Gasteiger partial charge in [-0.2, -0.15) is 11.3 Å². The molecule has 169 valence electrons. The number of fused-ring (bicyclic) bond motifs is 3. The molecule has 6 rings (SSSR count). The molecule has 3 heterocycles. The van der Waals surface area contributed by atoms with E-state index in [9.17, 15) is 0 Å². The van der Waals surface area contributed by atoms with Crippen LogP contribution in [0, 0.1) is 25.9 Å². The number of pyridine rings is 2. The smallest absolute Gasteiger partial charge is 0.0618 e. The van der Waals surface area contributed by atoms with Crippen molar-refractivity contribution in [1.29, 1.82) is 0 Å². The van der Waals surface area contributed by atoms with Gasteiger partial charge in [0.25, 0.3) is 0 Å². The van der Waals surface area contributed by atoms with Gasteiger partial charge in [0, 0.05) is 41.3 Å². The molecule has 0 unspecified atom stereocenters. The molecule has 0 fully saturated rings. The Bertz CT molecular complexity index is 1730. The number of thiophene rings is 1. The minimum atomic E-state index is -2.45. The van der Waals surface area contributed by atoms with E-state index in [-0.39, 0.29) is 43.4 Å². The molecule has 0 aliphatic carbocycles. The Morgan fingerprint density at radius 2 is 1.62 bits per heavy atom. The van der Waals surface area contributed by atoms with Crippen LogP contribution >= 0.6 is 11.3 Å². The van der Waals surface area contributed by atoms with Gasteiger partial charge in [-0.1, -0.05) is 47.8 Å². The van der Waals surface area contributed by atoms with Crippen molar-refractivity contribution in [2.24, 2.45) is 0 Å². The van der Waals surface area contributed by atoms with Gasteiger partial charge >= 0.3 is 0 Å². The van der Waals surface area contributed by atoms with Crippen LogP contribution < -0.4 is 0 Å². The van der Waals surface area contributed by atoms with Gasteiger partial charge in [0.05, 0.1) is 2.74 Å². The maximum Gasteiger partial charge on any atom is 0.0618 e. The predicted molar refractivity (Wildman–Crippen MR) is 139 cm³/mol. The zero-order valence-electron chi connectivity index (χ0n) is 23.2. The van der Waals surface area contributed by atoms with Crippen LogP contribution in [0.2, 0.25) is 0 Å². The fourth-order valence-electron chi connectivity index (χ4n) is 3.44. The normalized spacial score (nSPS) is 12.9. The SMILES string of the molecule is Cc1ccc(-c2[c-]cccc2)nc1.[2H]c1c(C([2H])([2H])[2H])cnc(-c2[c-]cc3c(c2)sc2ccccc23)c1[2H].[Ir]. The van der Waals surface area contributed by atoms with Crippen LogP contribution in [0.15, 0.2) is 97.3 Å². The summed E-state index contributed by atoms with van der Waals surface area (Å²) in [5.41, 5.74) is 3.87. The summed E-state index contributed by atoms with van der Waals surface area (Å²) in [4.78, 5) is 8.46. The summed E-state index contributed by atoms with van der Waals surface area (Å²) in [7, 11) is 0. The molecule has 4 heteroatoms. The standard InChI is InChI=1S/C18H12NS.C12H10N.Ir/c1-12-6-9-16(19-11-12)13-7-8-15-14-4-2-3-5-17(14)20-18(15)10-13;1-10-7-8-12(13-9-10)11-5-3-2-4-6-11;/h2-6,8-11H,1H3;2-5,7-9H,1H3;/q2*-1;/i1D3,6D,9D;;. The molecule has 34 heavy (non-hydrogen) atoms. The van der Waals surface area contributed by atoms with E-state index in [1.807, 2.05) is 67.7 Å². The Morgan fingerprint density at radius 1 is 0.794 bits per heavy atom. The molecule has 6 aromatic rings. The number of rotatable bonds is 2. The van der Waals surface area contributed by atoms with Crippen LogP contribution in [-0.2, 0) is 20.1 Å². The molecule has 0 saturated carbocycles. The summed E-state index contributed by atoms with van der Waals surface area (Å²) < 4.78 is 40.7. The Hall–Kier alpha value is -3.17. The monoisotopic (exact) mass is 640 g/mol. The number of nitrogens with zero attached hydrogens (tertiary/aromatic N) is 2. The summed E-state index contributed by atoms with van der Waals surface area (Å²) in [6.07, 6.45) is 3.04. The van der Waals surface area contributed by atoms with E-state index >= 15 is 0 Å². The molecule has 1 radical (unpaired) electrons. The van der Waals surface area contributed by atoms with Crippen molar-refractivity contribution >= 4 is 31.5 Å². The molecule has 0 N–H and O–H groups in total. The Kier molecular flexibility index (Phi) is 5.80. The summed E-state index contributed by atoms with van der Waals surface area (Å²) >= 11 is 1.64. The average Bonchev–Trinajstić information content (AvgIpc) is 3.29. The van der Waals surface area contributed by atoms with Crippen LogP contribution in [0.5, 0.6) is 0 Å². The molecular weight excluding hydrogens is 613 g/mol. The van der Waals surface area contributed by atoms with Crippen molar-refractivity contribution in [3.05, 3.63) is 121 Å². The molecule has 0 bridgehead atoms. The molecule has 0 saturated heterocycles. The van der Waals surface area contributed by atoms with Gasteiger partial charge in [-0.15, -0.1) is 59.7 Å². The molecule has 0 atom stereocenters. The van der Waals surface area contributed by atoms with Gasteiger partial charge in [0.1, 0.15) is 0 Å². The van der Waals surface area contributed by atoms with Crippen LogP contribution in [0.3, 0.4) is 0 Å². The minimum absolute atomic E-state index is 0. The maximum atomic E-state index is 8.15. The van der Waals surface area contributed by atoms with Crippen LogP contribution in [0.25, 0.3) is 42.7 Å². The minimum Gasteiger partial charge on any atom is -0.304 e. The summed E-state index contributed by atoms with van der Waals surface area (Å²) in [5.74, 6) is 0. The zero-order chi connectivity index (χ0) is 26.9. The third-order valence-corrected chi connectivity index (χ3v) is 6.23. The Balaban J connectivity index is 0.000000213. The summed E-state index contributed by atoms with van der Waals surface area (Å²) in [5, 5.41) is 2.24. The Labute approximate surface area is 224 Å². The molecule has 3 aromatic carbocycles. The van der Waals surface area contributed by atoms with Crippen molar-refractivity contribution in [1.82, 2.24) is 9.97 Å². The average molecular weight is 640 g/mol. The van der Waals surface area contributed by atoms with E-state index in [4.69, 9.17) is 6.85 Å². The van der Waals surface area contributed by atoms with Crippen molar-refractivity contribution in [2.75, 3.05) is 0 Å². The third kappa shape index (κ3) is 5.31. The first-order valence-electron chi connectivity index (χ1n) is 12.9. The van der Waals surface area contributed by atoms with E-state index in [2.05, 4.69) is 40.3 Å². The van der Waals surface area contributed by atoms with Gasteiger partial charge in [0.2, 0.25) is 0 Å². The second-order valence-corrected chi connectivity index (χ2v) is 8.57. The second kappa shape index (κ2) is 10.8. The third-order valence-electron chi connectivity index (χ3n) is 5.10. The first-order valence-corrected chi connectivity index (χ1v) is 11.2. The quantitative estimate of drug-likeness (QED) is 0.179. The van der Waals surface area contributed by atoms with Crippen molar-refractivity contribution < 1.29 is 27.0 Å². The van der Waals surface area contributed by atoms with E-state index in [0.717, 1.165) is 26.7 Å². The van der Waals surface area contributed by atoms with Crippen LogP contribution in [-0.4, -0.2) is 9.97 Å². The summed E-state index contributed by atoms with van der Waals surface area (Å²) in [6, 6.07) is 29.6. The number of benzene rings is 3. The molecular formula is C30H22IrN2S-2. The summed E-state index contributed by atoms with van der Waals surface area (Å²) in [6.45, 7) is -0.414. The van der Waals surface area contributed by atoms with E-state index < -0.39 is 6.85 Å². The predicted octanol–water partition coefficient (Wildman–Crippen LogP) is 8.08. The van der Waals surface area contributed by atoms with Crippen LogP contribution in [0.1, 0.15) is 18.0 Å². The molecule has 0 spiro atoms. The first-order chi connectivity index (χ1) is 18.2. The van der Waals surface area contributed by atoms with E-state index in [0.29, 0.717) is 5.56 Å². The molecule has 0 aliphatic rings. The van der Waals surface area contributed by atoms with Gasteiger partial charge in [-0.05, 0) is 52.4 Å². The number of aromatic nitrogens is 2. The molecule has 0 amide bonds. The fraction of sp³-hybridized carbons (Fsp3) is 0.0667. The van der Waals surface area contributed by atoms with Crippen molar-refractivity contribution in [2.45, 2.75) is 13.8 Å². The van der Waals surface area contributed by atoms with Gasteiger partial charge < -0.3 is 9.97 Å². The largest absolute Gasteiger partial charge is 0.304 e. The number of hydrogen-bond donors (Lipinski definition) is 0. The zero-order valence-corrected chi connectivity index (χ0v) is 21.4. The second-order valence-electron chi connectivity index (χ2n) is 7.49. The maximum absolute atomic E-state index is 8.15. The van der Waals surface area contributed by atoms with E-state index in [1.165, 1.54) is 16.5 Å². The number of aryl methyl sites for hydroxylation is 2. The molecule has 2 nitrogen and oxygen atoms in total. The van der Waals surface area contributed by atoms with Crippen molar-refractivity contribution in [3.8, 4) is 22.5 Å². The topological polar surface area (TPSA) is 25.8 Å². The number of hydrogen-bond acceptors (Lipinski definition) is 3. The van der Waals surface area contributed by atoms with Gasteiger partial charge in [-0.3, -0.25) is 0 Å². The Morgan fingerprint density at radius 3 is 2.41 bits per heavy atom. The van der Waals surface area contributed by atoms with E-state index in [1.54, 1.807) is 11.3 Å². The first kappa shape index (κ1) is 18.2. The van der Waals surface area contributed by atoms with Crippen molar-refractivity contribution in [3.63, 3.8) is 0 Å². The molecule has 3 aromatic heterocycles. The fourth-order valence-corrected chi connectivity index (χ4v) is 4.56. The molecule has 0 aliphatic heterocycles. The van der Waals surface area contributed by atoms with Gasteiger partial charge in [-0.25, -0.2) is 0 Å².